The first-order chi connectivity index (χ1) is 12.0. The van der Waals surface area contributed by atoms with Crippen molar-refractivity contribution in [3.05, 3.63) is 23.8 Å². The van der Waals surface area contributed by atoms with Gasteiger partial charge in [-0.2, -0.15) is 0 Å². The summed E-state index contributed by atoms with van der Waals surface area (Å²) >= 11 is 0. The van der Waals surface area contributed by atoms with E-state index in [0.717, 1.165) is 19.3 Å². The fourth-order valence-corrected chi connectivity index (χ4v) is 3.28. The van der Waals surface area contributed by atoms with Crippen LogP contribution < -0.4 is 14.8 Å². The predicted octanol–water partition coefficient (Wildman–Crippen LogP) is 2.70. The minimum Gasteiger partial charge on any atom is -0.486 e. The van der Waals surface area contributed by atoms with Crippen molar-refractivity contribution in [2.24, 2.45) is 5.92 Å². The number of carbonyl (C=O) groups is 2. The van der Waals surface area contributed by atoms with Crippen LogP contribution in [0.2, 0.25) is 0 Å². The first-order valence-electron chi connectivity index (χ1n) is 8.95. The first kappa shape index (κ1) is 17.6. The summed E-state index contributed by atoms with van der Waals surface area (Å²) in [6, 6.07) is 5.05. The molecule has 1 saturated carbocycles. The summed E-state index contributed by atoms with van der Waals surface area (Å²) in [5.41, 5.74) is 0.343. The standard InChI is InChI=1S/C19H25NO5/c1-12-5-3-4-6-15(12)20-18(21)13(2)25-19(22)14-7-8-16-17(11-14)24-10-9-23-16/h7-8,11-13,15H,3-6,9-10H2,1-2H3,(H,20,21)/t12-,13-,15-/m0/s1. The highest BCUT2D eigenvalue weighted by atomic mass is 16.6. The highest BCUT2D eigenvalue weighted by molar-refractivity contribution is 5.93. The maximum Gasteiger partial charge on any atom is 0.339 e. The van der Waals surface area contributed by atoms with Gasteiger partial charge in [0.05, 0.1) is 5.56 Å². The molecule has 0 radical (unpaired) electrons. The molecule has 0 bridgehead atoms. The van der Waals surface area contributed by atoms with Crippen molar-refractivity contribution in [2.75, 3.05) is 13.2 Å². The molecular formula is C19H25NO5. The third-order valence-corrected chi connectivity index (χ3v) is 4.87. The van der Waals surface area contributed by atoms with E-state index in [1.807, 2.05) is 0 Å². The predicted molar refractivity (Wildman–Crippen MR) is 91.9 cm³/mol. The average molecular weight is 347 g/mol. The van der Waals surface area contributed by atoms with Gasteiger partial charge in [0, 0.05) is 6.04 Å². The number of carbonyl (C=O) groups excluding carboxylic acids is 2. The largest absolute Gasteiger partial charge is 0.486 e. The topological polar surface area (TPSA) is 73.9 Å². The highest BCUT2D eigenvalue weighted by Crippen LogP contribution is 2.31. The minimum atomic E-state index is -0.838. The van der Waals surface area contributed by atoms with Gasteiger partial charge < -0.3 is 19.5 Å². The van der Waals surface area contributed by atoms with E-state index in [4.69, 9.17) is 14.2 Å². The zero-order chi connectivity index (χ0) is 17.8. The lowest BCUT2D eigenvalue weighted by molar-refractivity contribution is -0.130. The Morgan fingerprint density at radius 2 is 1.88 bits per heavy atom. The Bertz CT molecular complexity index is 645. The summed E-state index contributed by atoms with van der Waals surface area (Å²) in [5.74, 6) is 0.799. The molecule has 3 rings (SSSR count). The molecule has 6 nitrogen and oxygen atoms in total. The summed E-state index contributed by atoms with van der Waals surface area (Å²) in [5, 5.41) is 3.01. The lowest BCUT2D eigenvalue weighted by Crippen LogP contribution is -2.45. The molecular weight excluding hydrogens is 322 g/mol. The summed E-state index contributed by atoms with van der Waals surface area (Å²) in [7, 11) is 0. The van der Waals surface area contributed by atoms with Crippen LogP contribution in [0.3, 0.4) is 0 Å². The Morgan fingerprint density at radius 1 is 1.16 bits per heavy atom. The van der Waals surface area contributed by atoms with Crippen LogP contribution in [0.25, 0.3) is 0 Å². The van der Waals surface area contributed by atoms with Crippen molar-refractivity contribution in [3.63, 3.8) is 0 Å². The maximum atomic E-state index is 12.3. The third-order valence-electron chi connectivity index (χ3n) is 4.87. The highest BCUT2D eigenvalue weighted by Gasteiger charge is 2.27. The Balaban J connectivity index is 1.57. The molecule has 2 aliphatic rings. The number of rotatable bonds is 4. The number of esters is 1. The molecule has 6 heteroatoms. The van der Waals surface area contributed by atoms with E-state index in [2.05, 4.69) is 12.2 Å². The molecule has 25 heavy (non-hydrogen) atoms. The van der Waals surface area contributed by atoms with Gasteiger partial charge in [0.2, 0.25) is 0 Å². The van der Waals surface area contributed by atoms with Crippen molar-refractivity contribution in [1.29, 1.82) is 0 Å². The summed E-state index contributed by atoms with van der Waals surface area (Å²) < 4.78 is 16.2. The number of nitrogens with one attached hydrogen (secondary N) is 1. The van der Waals surface area contributed by atoms with E-state index in [-0.39, 0.29) is 11.9 Å². The smallest absolute Gasteiger partial charge is 0.339 e. The third kappa shape index (κ3) is 4.24. The molecule has 1 aromatic rings. The van der Waals surface area contributed by atoms with E-state index in [1.54, 1.807) is 25.1 Å². The van der Waals surface area contributed by atoms with Crippen LogP contribution in [0.5, 0.6) is 11.5 Å². The SMILES string of the molecule is C[C@H](OC(=O)c1ccc2c(c1)OCCO2)C(=O)N[C@H]1CCCC[C@@H]1C. The van der Waals surface area contributed by atoms with Gasteiger partial charge in [-0.05, 0) is 43.9 Å². The van der Waals surface area contributed by atoms with Crippen molar-refractivity contribution >= 4 is 11.9 Å². The summed E-state index contributed by atoms with van der Waals surface area (Å²) in [4.78, 5) is 24.6. The Kier molecular flexibility index (Phi) is 5.46. The average Bonchev–Trinajstić information content (AvgIpc) is 2.63. The molecule has 0 unspecified atom stereocenters. The first-order valence-corrected chi connectivity index (χ1v) is 8.95. The van der Waals surface area contributed by atoms with Gasteiger partial charge in [0.1, 0.15) is 13.2 Å². The molecule has 1 amide bonds. The van der Waals surface area contributed by atoms with Gasteiger partial charge >= 0.3 is 5.97 Å². The zero-order valence-electron chi connectivity index (χ0n) is 14.7. The minimum absolute atomic E-state index is 0.164. The molecule has 1 aliphatic heterocycles. The van der Waals surface area contributed by atoms with Gasteiger partial charge in [-0.3, -0.25) is 4.79 Å². The molecule has 1 aliphatic carbocycles. The maximum absolute atomic E-state index is 12.3. The molecule has 3 atom stereocenters. The molecule has 136 valence electrons. The summed E-state index contributed by atoms with van der Waals surface area (Å²) in [6.45, 7) is 4.69. The van der Waals surface area contributed by atoms with Crippen LogP contribution >= 0.6 is 0 Å². The summed E-state index contributed by atoms with van der Waals surface area (Å²) in [6.07, 6.45) is 3.60. The number of fused-ring (bicyclic) bond motifs is 1. The Morgan fingerprint density at radius 3 is 2.64 bits per heavy atom. The van der Waals surface area contributed by atoms with E-state index in [1.165, 1.54) is 6.42 Å². The van der Waals surface area contributed by atoms with Crippen LogP contribution in [-0.4, -0.2) is 37.2 Å². The van der Waals surface area contributed by atoms with E-state index in [0.29, 0.717) is 36.2 Å². The van der Waals surface area contributed by atoms with Gasteiger partial charge in [0.15, 0.2) is 17.6 Å². The lowest BCUT2D eigenvalue weighted by Gasteiger charge is -2.30. The van der Waals surface area contributed by atoms with E-state index in [9.17, 15) is 9.59 Å². The van der Waals surface area contributed by atoms with Crippen molar-refractivity contribution in [3.8, 4) is 11.5 Å². The molecule has 1 aromatic carbocycles. The lowest BCUT2D eigenvalue weighted by atomic mass is 9.86. The number of amides is 1. The molecule has 0 spiro atoms. The van der Waals surface area contributed by atoms with Crippen LogP contribution in [0, 0.1) is 5.92 Å². The molecule has 1 N–H and O–H groups in total. The second-order valence-corrected chi connectivity index (χ2v) is 6.78. The second kappa shape index (κ2) is 7.76. The second-order valence-electron chi connectivity index (χ2n) is 6.78. The fourth-order valence-electron chi connectivity index (χ4n) is 3.28. The Labute approximate surface area is 147 Å². The van der Waals surface area contributed by atoms with Gasteiger partial charge in [-0.1, -0.05) is 19.8 Å². The molecule has 0 aromatic heterocycles. The van der Waals surface area contributed by atoms with Crippen LogP contribution in [0.4, 0.5) is 0 Å². The van der Waals surface area contributed by atoms with E-state index < -0.39 is 12.1 Å². The molecule has 0 saturated heterocycles. The van der Waals surface area contributed by atoms with E-state index >= 15 is 0 Å². The molecule has 1 heterocycles. The van der Waals surface area contributed by atoms with Crippen molar-refractivity contribution < 1.29 is 23.8 Å². The quantitative estimate of drug-likeness (QED) is 0.848. The van der Waals surface area contributed by atoms with Crippen LogP contribution in [0.1, 0.15) is 49.9 Å². The number of hydrogen-bond donors (Lipinski definition) is 1. The van der Waals surface area contributed by atoms with Crippen LogP contribution in [0.15, 0.2) is 18.2 Å². The zero-order valence-corrected chi connectivity index (χ0v) is 14.7. The Hall–Kier alpha value is -2.24. The number of benzene rings is 1. The monoisotopic (exact) mass is 347 g/mol. The fraction of sp³-hybridized carbons (Fsp3) is 0.579. The normalized spacial score (nSPS) is 23.4. The van der Waals surface area contributed by atoms with Gasteiger partial charge in [-0.25, -0.2) is 4.79 Å². The van der Waals surface area contributed by atoms with Gasteiger partial charge in [0.25, 0.3) is 5.91 Å². The molecule has 1 fully saturated rings. The van der Waals surface area contributed by atoms with Crippen LogP contribution in [-0.2, 0) is 9.53 Å². The van der Waals surface area contributed by atoms with Crippen molar-refractivity contribution in [2.45, 2.75) is 51.7 Å². The van der Waals surface area contributed by atoms with Crippen molar-refractivity contribution in [1.82, 2.24) is 5.32 Å². The van der Waals surface area contributed by atoms with Gasteiger partial charge in [-0.15, -0.1) is 0 Å². The number of hydrogen-bond acceptors (Lipinski definition) is 5. The number of ether oxygens (including phenoxy) is 3.